The van der Waals surface area contributed by atoms with E-state index >= 15 is 0 Å². The van der Waals surface area contributed by atoms with Crippen molar-refractivity contribution in [3.63, 3.8) is 0 Å². The first kappa shape index (κ1) is 17.1. The normalized spacial score (nSPS) is 10.7. The van der Waals surface area contributed by atoms with Crippen LogP contribution in [0.2, 0.25) is 0 Å². The third kappa shape index (κ3) is 3.76. The van der Waals surface area contributed by atoms with Crippen molar-refractivity contribution in [1.82, 2.24) is 4.98 Å². The van der Waals surface area contributed by atoms with Gasteiger partial charge in [-0.3, -0.25) is 4.79 Å². The second-order valence-corrected chi connectivity index (χ2v) is 6.78. The van der Waals surface area contributed by atoms with Crippen LogP contribution in [0.25, 0.3) is 0 Å². The number of hydrogen-bond donors (Lipinski definition) is 1. The van der Waals surface area contributed by atoms with Crippen LogP contribution in [-0.2, 0) is 4.74 Å². The molecule has 0 spiro atoms. The summed E-state index contributed by atoms with van der Waals surface area (Å²) < 4.78 is 4.69. The summed E-state index contributed by atoms with van der Waals surface area (Å²) in [5.74, 6) is -0.386. The number of aromatic nitrogens is 1. The fourth-order valence-electron chi connectivity index (χ4n) is 2.22. The van der Waals surface area contributed by atoms with Gasteiger partial charge in [-0.15, -0.1) is 11.3 Å². The fraction of sp³-hybridized carbons (Fsp3) is 0.353. The van der Waals surface area contributed by atoms with E-state index in [2.05, 4.69) is 10.3 Å². The Balaban J connectivity index is 2.26. The van der Waals surface area contributed by atoms with Crippen molar-refractivity contribution < 1.29 is 14.3 Å². The molecule has 0 aliphatic carbocycles. The highest BCUT2D eigenvalue weighted by Crippen LogP contribution is 2.26. The Morgan fingerprint density at radius 1 is 1.26 bits per heavy atom. The molecular weight excluding hydrogens is 312 g/mol. The van der Waals surface area contributed by atoms with Gasteiger partial charge in [0.05, 0.1) is 23.4 Å². The number of nitrogens with one attached hydrogen (secondary N) is 1. The summed E-state index contributed by atoms with van der Waals surface area (Å²) in [5.41, 5.74) is 2.74. The molecule has 1 amide bonds. The highest BCUT2D eigenvalue weighted by atomic mass is 32.1. The van der Waals surface area contributed by atoms with Crippen LogP contribution < -0.4 is 5.32 Å². The Morgan fingerprint density at radius 3 is 2.52 bits per heavy atom. The fourth-order valence-corrected chi connectivity index (χ4v) is 3.19. The molecule has 0 saturated heterocycles. The first-order chi connectivity index (χ1) is 10.8. The summed E-state index contributed by atoms with van der Waals surface area (Å²) in [6.45, 7) is 7.76. The molecular formula is C17H20N2O3S. The maximum Gasteiger partial charge on any atom is 0.337 e. The third-order valence-corrected chi connectivity index (χ3v) is 4.39. The summed E-state index contributed by atoms with van der Waals surface area (Å²) in [6.07, 6.45) is 0. The van der Waals surface area contributed by atoms with Crippen molar-refractivity contribution in [3.05, 3.63) is 44.9 Å². The number of rotatable bonds is 4. The summed E-state index contributed by atoms with van der Waals surface area (Å²) in [5, 5.41) is 3.77. The standard InChI is InChI=1S/C17H20N2O3S/c1-9(2)14-15(23-11(4)18-14)16(20)19-13-7-6-12(8-10(13)3)17(21)22-5/h6-9H,1-5H3,(H,19,20). The van der Waals surface area contributed by atoms with Crippen LogP contribution in [0.15, 0.2) is 18.2 Å². The zero-order valence-electron chi connectivity index (χ0n) is 13.9. The van der Waals surface area contributed by atoms with E-state index in [0.717, 1.165) is 16.3 Å². The number of thiazole rings is 1. The lowest BCUT2D eigenvalue weighted by atomic mass is 10.1. The van der Waals surface area contributed by atoms with E-state index in [0.29, 0.717) is 16.1 Å². The van der Waals surface area contributed by atoms with Crippen LogP contribution in [0.1, 0.15) is 56.1 Å². The number of ether oxygens (including phenoxy) is 1. The third-order valence-electron chi connectivity index (χ3n) is 3.41. The van der Waals surface area contributed by atoms with Gasteiger partial charge >= 0.3 is 5.97 Å². The molecule has 1 heterocycles. The summed E-state index contributed by atoms with van der Waals surface area (Å²) >= 11 is 1.39. The molecule has 0 saturated carbocycles. The van der Waals surface area contributed by atoms with Gasteiger partial charge in [0.1, 0.15) is 4.88 Å². The van der Waals surface area contributed by atoms with Gasteiger partial charge < -0.3 is 10.1 Å². The molecule has 2 rings (SSSR count). The van der Waals surface area contributed by atoms with Crippen LogP contribution in [0.5, 0.6) is 0 Å². The highest BCUT2D eigenvalue weighted by Gasteiger charge is 2.20. The van der Waals surface area contributed by atoms with Gasteiger partial charge in [-0.2, -0.15) is 0 Å². The number of benzene rings is 1. The number of hydrogen-bond acceptors (Lipinski definition) is 5. The largest absolute Gasteiger partial charge is 0.465 e. The SMILES string of the molecule is COC(=O)c1ccc(NC(=O)c2sc(C)nc2C(C)C)c(C)c1. The van der Waals surface area contributed by atoms with E-state index in [-0.39, 0.29) is 11.8 Å². The lowest BCUT2D eigenvalue weighted by molar-refractivity contribution is 0.0600. The Hall–Kier alpha value is -2.21. The van der Waals surface area contributed by atoms with E-state index in [1.165, 1.54) is 18.4 Å². The molecule has 0 aliphatic heterocycles. The maximum atomic E-state index is 12.5. The monoisotopic (exact) mass is 332 g/mol. The van der Waals surface area contributed by atoms with Crippen molar-refractivity contribution in [2.24, 2.45) is 0 Å². The summed E-state index contributed by atoms with van der Waals surface area (Å²) in [6, 6.07) is 5.04. The smallest absolute Gasteiger partial charge is 0.337 e. The number of amides is 1. The molecule has 122 valence electrons. The molecule has 5 nitrogen and oxygen atoms in total. The Morgan fingerprint density at radius 2 is 1.96 bits per heavy atom. The van der Waals surface area contributed by atoms with Crippen LogP contribution in [0.3, 0.4) is 0 Å². The zero-order valence-corrected chi connectivity index (χ0v) is 14.7. The number of carbonyl (C=O) groups excluding carboxylic acids is 2. The highest BCUT2D eigenvalue weighted by molar-refractivity contribution is 7.13. The Kier molecular flexibility index (Phi) is 5.15. The molecule has 0 unspecified atom stereocenters. The van der Waals surface area contributed by atoms with E-state index in [9.17, 15) is 9.59 Å². The molecule has 0 atom stereocenters. The van der Waals surface area contributed by atoms with Crippen molar-refractivity contribution in [2.75, 3.05) is 12.4 Å². The molecule has 23 heavy (non-hydrogen) atoms. The molecule has 0 bridgehead atoms. The number of methoxy groups -OCH3 is 1. The predicted octanol–water partition coefficient (Wildman–Crippen LogP) is 3.92. The maximum absolute atomic E-state index is 12.5. The molecule has 6 heteroatoms. The number of anilines is 1. The van der Waals surface area contributed by atoms with Gasteiger partial charge in [-0.05, 0) is 43.5 Å². The van der Waals surface area contributed by atoms with Crippen molar-refractivity contribution >= 4 is 28.9 Å². The zero-order chi connectivity index (χ0) is 17.1. The predicted molar refractivity (Wildman–Crippen MR) is 91.4 cm³/mol. The minimum atomic E-state index is -0.397. The topological polar surface area (TPSA) is 68.3 Å². The van der Waals surface area contributed by atoms with Gasteiger partial charge in [0.15, 0.2) is 0 Å². The second-order valence-electron chi connectivity index (χ2n) is 5.58. The van der Waals surface area contributed by atoms with E-state index in [4.69, 9.17) is 4.74 Å². The second kappa shape index (κ2) is 6.91. The Bertz CT molecular complexity index is 750. The lowest BCUT2D eigenvalue weighted by Crippen LogP contribution is -2.14. The summed E-state index contributed by atoms with van der Waals surface area (Å²) in [7, 11) is 1.34. The molecule has 1 N–H and O–H groups in total. The minimum absolute atomic E-state index is 0.173. The molecule has 2 aromatic rings. The first-order valence-electron chi connectivity index (χ1n) is 7.31. The summed E-state index contributed by atoms with van der Waals surface area (Å²) in [4.78, 5) is 29.1. The van der Waals surface area contributed by atoms with Gasteiger partial charge in [0, 0.05) is 5.69 Å². The van der Waals surface area contributed by atoms with Crippen LogP contribution in [0.4, 0.5) is 5.69 Å². The average molecular weight is 332 g/mol. The molecule has 0 radical (unpaired) electrons. The quantitative estimate of drug-likeness (QED) is 0.862. The van der Waals surface area contributed by atoms with E-state index < -0.39 is 5.97 Å². The molecule has 0 fully saturated rings. The number of carbonyl (C=O) groups is 2. The van der Waals surface area contributed by atoms with Crippen LogP contribution >= 0.6 is 11.3 Å². The van der Waals surface area contributed by atoms with Crippen molar-refractivity contribution in [3.8, 4) is 0 Å². The number of aryl methyl sites for hydroxylation is 2. The van der Waals surface area contributed by atoms with Gasteiger partial charge in [-0.25, -0.2) is 9.78 Å². The molecule has 1 aromatic carbocycles. The van der Waals surface area contributed by atoms with Crippen LogP contribution in [0, 0.1) is 13.8 Å². The lowest BCUT2D eigenvalue weighted by Gasteiger charge is -2.10. The Labute approximate surface area is 139 Å². The number of esters is 1. The number of nitrogens with zero attached hydrogens (tertiary/aromatic N) is 1. The molecule has 1 aromatic heterocycles. The van der Waals surface area contributed by atoms with Gasteiger partial charge in [0.2, 0.25) is 0 Å². The van der Waals surface area contributed by atoms with E-state index in [1.54, 1.807) is 18.2 Å². The first-order valence-corrected chi connectivity index (χ1v) is 8.12. The average Bonchev–Trinajstić information content (AvgIpc) is 2.90. The van der Waals surface area contributed by atoms with Crippen molar-refractivity contribution in [1.29, 1.82) is 0 Å². The molecule has 0 aliphatic rings. The van der Waals surface area contributed by atoms with Gasteiger partial charge in [-0.1, -0.05) is 13.8 Å². The van der Waals surface area contributed by atoms with Gasteiger partial charge in [0.25, 0.3) is 5.91 Å². The van der Waals surface area contributed by atoms with Crippen LogP contribution in [-0.4, -0.2) is 24.0 Å². The van der Waals surface area contributed by atoms with E-state index in [1.807, 2.05) is 27.7 Å². The minimum Gasteiger partial charge on any atom is -0.465 e. The van der Waals surface area contributed by atoms with Crippen molar-refractivity contribution in [2.45, 2.75) is 33.6 Å².